The molecule has 0 saturated heterocycles. The number of anilines is 1. The van der Waals surface area contributed by atoms with Crippen LogP contribution in [-0.2, 0) is 0 Å². The molecule has 1 heterocycles. The summed E-state index contributed by atoms with van der Waals surface area (Å²) in [6.45, 7) is 0. The molecule has 0 aliphatic heterocycles. The van der Waals surface area contributed by atoms with Crippen LogP contribution in [0, 0.1) is 5.82 Å². The average molecular weight is 343 g/mol. The molecule has 0 unspecified atom stereocenters. The van der Waals surface area contributed by atoms with E-state index >= 15 is 0 Å². The number of nitrogens with zero attached hydrogens (tertiary/aromatic N) is 1. The number of phenolic OH excluding ortho intramolecular Hbond substituents is 1. The topological polar surface area (TPSA) is 78.0 Å². The van der Waals surface area contributed by atoms with Crippen molar-refractivity contribution in [3.63, 3.8) is 0 Å². The standard InChI is InChI=1S/C17H14FN3O2S/c1-24-17-19-9-15(21-17)10-3-2-4-11(7-10)20-16(23)13-8-12(22)5-6-14(13)18/h2-9,22H,1H3,(H,19,21)(H,20,23). The highest BCUT2D eigenvalue weighted by Crippen LogP contribution is 2.24. The number of H-pyrrole nitrogens is 1. The number of hydrogen-bond acceptors (Lipinski definition) is 4. The van der Waals surface area contributed by atoms with Crippen molar-refractivity contribution >= 4 is 23.4 Å². The SMILES string of the molecule is CSc1ncc(-c2cccc(NC(=O)c3cc(O)ccc3F)c2)[nH]1. The number of aromatic amines is 1. The molecule has 0 aliphatic carbocycles. The van der Waals surface area contributed by atoms with Crippen molar-refractivity contribution in [2.24, 2.45) is 0 Å². The minimum Gasteiger partial charge on any atom is -0.508 e. The van der Waals surface area contributed by atoms with Gasteiger partial charge in [-0.1, -0.05) is 23.9 Å². The molecular weight excluding hydrogens is 329 g/mol. The number of aromatic nitrogens is 2. The van der Waals surface area contributed by atoms with E-state index in [1.807, 2.05) is 12.3 Å². The lowest BCUT2D eigenvalue weighted by molar-refractivity contribution is 0.102. The number of carbonyl (C=O) groups excluding carboxylic acids is 1. The van der Waals surface area contributed by atoms with Gasteiger partial charge in [-0.05, 0) is 36.6 Å². The normalized spacial score (nSPS) is 10.6. The summed E-state index contributed by atoms with van der Waals surface area (Å²) in [5.74, 6) is -1.49. The van der Waals surface area contributed by atoms with Crippen molar-refractivity contribution in [3.05, 3.63) is 60.0 Å². The van der Waals surface area contributed by atoms with E-state index in [0.29, 0.717) is 5.69 Å². The van der Waals surface area contributed by atoms with E-state index in [9.17, 15) is 14.3 Å². The van der Waals surface area contributed by atoms with E-state index in [0.717, 1.165) is 28.5 Å². The third-order valence-corrected chi connectivity index (χ3v) is 3.97. The van der Waals surface area contributed by atoms with E-state index in [-0.39, 0.29) is 11.3 Å². The molecule has 0 saturated carbocycles. The summed E-state index contributed by atoms with van der Waals surface area (Å²) in [4.78, 5) is 19.6. The number of amides is 1. The van der Waals surface area contributed by atoms with E-state index in [2.05, 4.69) is 15.3 Å². The van der Waals surface area contributed by atoms with Gasteiger partial charge in [0.15, 0.2) is 5.16 Å². The molecule has 122 valence electrons. The minimum atomic E-state index is -0.695. The van der Waals surface area contributed by atoms with Gasteiger partial charge < -0.3 is 15.4 Å². The average Bonchev–Trinajstić information content (AvgIpc) is 3.06. The molecule has 2 aromatic carbocycles. The van der Waals surface area contributed by atoms with Gasteiger partial charge >= 0.3 is 0 Å². The van der Waals surface area contributed by atoms with E-state index < -0.39 is 11.7 Å². The number of benzene rings is 2. The molecule has 0 aliphatic rings. The summed E-state index contributed by atoms with van der Waals surface area (Å²) in [6, 6.07) is 10.5. The molecule has 1 aromatic heterocycles. The zero-order chi connectivity index (χ0) is 17.1. The van der Waals surface area contributed by atoms with Crippen LogP contribution < -0.4 is 5.32 Å². The fourth-order valence-corrected chi connectivity index (χ4v) is 2.57. The van der Waals surface area contributed by atoms with Crippen LogP contribution in [0.25, 0.3) is 11.3 Å². The van der Waals surface area contributed by atoms with Crippen LogP contribution in [0.5, 0.6) is 5.75 Å². The van der Waals surface area contributed by atoms with Crippen LogP contribution in [0.15, 0.2) is 53.8 Å². The van der Waals surface area contributed by atoms with Gasteiger partial charge in [0.05, 0.1) is 17.5 Å². The molecule has 0 fully saturated rings. The molecule has 3 rings (SSSR count). The molecule has 1 amide bonds. The second-order valence-corrected chi connectivity index (χ2v) is 5.80. The van der Waals surface area contributed by atoms with Gasteiger partial charge in [-0.2, -0.15) is 0 Å². The van der Waals surface area contributed by atoms with Gasteiger partial charge in [0, 0.05) is 11.3 Å². The summed E-state index contributed by atoms with van der Waals surface area (Å²) in [5, 5.41) is 12.8. The Hall–Kier alpha value is -2.80. The number of carbonyl (C=O) groups is 1. The lowest BCUT2D eigenvalue weighted by Gasteiger charge is -2.08. The van der Waals surface area contributed by atoms with E-state index in [1.165, 1.54) is 17.8 Å². The first kappa shape index (κ1) is 16.1. The summed E-state index contributed by atoms with van der Waals surface area (Å²) in [5.41, 5.74) is 1.96. The lowest BCUT2D eigenvalue weighted by Crippen LogP contribution is -2.13. The second-order valence-electron chi connectivity index (χ2n) is 5.01. The highest BCUT2D eigenvalue weighted by atomic mass is 32.2. The quantitative estimate of drug-likeness (QED) is 0.628. The number of aromatic hydroxyl groups is 1. The Bertz CT molecular complexity index is 895. The van der Waals surface area contributed by atoms with Crippen molar-refractivity contribution in [2.45, 2.75) is 5.16 Å². The molecule has 0 bridgehead atoms. The van der Waals surface area contributed by atoms with Crippen LogP contribution in [0.3, 0.4) is 0 Å². The number of rotatable bonds is 4. The van der Waals surface area contributed by atoms with Crippen LogP contribution in [-0.4, -0.2) is 27.2 Å². The Morgan fingerprint density at radius 2 is 2.12 bits per heavy atom. The summed E-state index contributed by atoms with van der Waals surface area (Å²) < 4.78 is 13.7. The maximum Gasteiger partial charge on any atom is 0.258 e. The minimum absolute atomic E-state index is 0.169. The van der Waals surface area contributed by atoms with Gasteiger partial charge in [-0.3, -0.25) is 4.79 Å². The number of phenols is 1. The fourth-order valence-electron chi connectivity index (χ4n) is 2.20. The molecule has 3 N–H and O–H groups in total. The highest BCUT2D eigenvalue weighted by molar-refractivity contribution is 7.98. The summed E-state index contributed by atoms with van der Waals surface area (Å²) >= 11 is 1.50. The third-order valence-electron chi connectivity index (χ3n) is 3.37. The van der Waals surface area contributed by atoms with Crippen molar-refractivity contribution < 1.29 is 14.3 Å². The molecule has 0 spiro atoms. The zero-order valence-electron chi connectivity index (χ0n) is 12.7. The van der Waals surface area contributed by atoms with E-state index in [4.69, 9.17) is 0 Å². The number of hydrogen-bond donors (Lipinski definition) is 3. The highest BCUT2D eigenvalue weighted by Gasteiger charge is 2.13. The zero-order valence-corrected chi connectivity index (χ0v) is 13.5. The van der Waals surface area contributed by atoms with Crippen molar-refractivity contribution in [3.8, 4) is 17.0 Å². The summed E-state index contributed by atoms with van der Waals surface area (Å²) in [7, 11) is 0. The van der Waals surface area contributed by atoms with E-state index in [1.54, 1.807) is 24.4 Å². The van der Waals surface area contributed by atoms with Gasteiger partial charge in [-0.15, -0.1) is 0 Å². The predicted molar refractivity (Wildman–Crippen MR) is 91.8 cm³/mol. The predicted octanol–water partition coefficient (Wildman–Crippen LogP) is 3.90. The number of imidazole rings is 1. The Kier molecular flexibility index (Phi) is 4.52. The van der Waals surface area contributed by atoms with Gasteiger partial charge in [0.2, 0.25) is 0 Å². The van der Waals surface area contributed by atoms with Crippen LogP contribution >= 0.6 is 11.8 Å². The molecule has 24 heavy (non-hydrogen) atoms. The van der Waals surface area contributed by atoms with Crippen molar-refractivity contribution in [1.29, 1.82) is 0 Å². The lowest BCUT2D eigenvalue weighted by atomic mass is 10.1. The first-order valence-electron chi connectivity index (χ1n) is 7.06. The van der Waals surface area contributed by atoms with Gasteiger partial charge in [-0.25, -0.2) is 9.37 Å². The van der Waals surface area contributed by atoms with Crippen molar-refractivity contribution in [2.75, 3.05) is 11.6 Å². The van der Waals surface area contributed by atoms with Gasteiger partial charge in [0.25, 0.3) is 5.91 Å². The molecule has 0 atom stereocenters. The molecule has 7 heteroatoms. The van der Waals surface area contributed by atoms with Crippen molar-refractivity contribution in [1.82, 2.24) is 9.97 Å². The number of nitrogens with one attached hydrogen (secondary N) is 2. The first-order valence-corrected chi connectivity index (χ1v) is 8.28. The Morgan fingerprint density at radius 1 is 1.29 bits per heavy atom. The van der Waals surface area contributed by atoms with Gasteiger partial charge in [0.1, 0.15) is 11.6 Å². The smallest absolute Gasteiger partial charge is 0.258 e. The van der Waals surface area contributed by atoms with Crippen LogP contribution in [0.2, 0.25) is 0 Å². The Balaban J connectivity index is 1.84. The molecular formula is C17H14FN3O2S. The monoisotopic (exact) mass is 343 g/mol. The Labute approximate surface area is 141 Å². The second kappa shape index (κ2) is 6.76. The fraction of sp³-hybridized carbons (Fsp3) is 0.0588. The first-order chi connectivity index (χ1) is 11.6. The third kappa shape index (κ3) is 3.41. The summed E-state index contributed by atoms with van der Waals surface area (Å²) in [6.07, 6.45) is 3.63. The molecule has 5 nitrogen and oxygen atoms in total. The maximum absolute atomic E-state index is 13.7. The van der Waals surface area contributed by atoms with Crippen LogP contribution in [0.4, 0.5) is 10.1 Å². The van der Waals surface area contributed by atoms with Crippen LogP contribution in [0.1, 0.15) is 10.4 Å². The number of halogens is 1. The molecule has 0 radical (unpaired) electrons. The maximum atomic E-state index is 13.7. The Morgan fingerprint density at radius 3 is 2.88 bits per heavy atom. The molecule has 3 aromatic rings. The largest absolute Gasteiger partial charge is 0.508 e. The number of thioether (sulfide) groups is 1.